The van der Waals surface area contributed by atoms with Crippen LogP contribution in [0.3, 0.4) is 0 Å². The fourth-order valence-electron chi connectivity index (χ4n) is 2.68. The molecule has 0 radical (unpaired) electrons. The highest BCUT2D eigenvalue weighted by Gasteiger charge is 2.27. The first-order valence-corrected chi connectivity index (χ1v) is 6.38. The molecule has 4 rings (SSSR count). The SMILES string of the molecule is O=C1c2ccccc2-c2nn(Cl)c(=O)c3cccc1c23. The molecule has 0 bridgehead atoms. The molecule has 96 valence electrons. The third kappa shape index (κ3) is 1.29. The lowest BCUT2D eigenvalue weighted by molar-refractivity contribution is 0.104. The monoisotopic (exact) mass is 282 g/mol. The Bertz CT molecular complexity index is 960. The molecular formula is C15H7ClN2O2. The zero-order chi connectivity index (χ0) is 13.9. The van der Waals surface area contributed by atoms with Gasteiger partial charge in [0.2, 0.25) is 0 Å². The van der Waals surface area contributed by atoms with Crippen LogP contribution < -0.4 is 5.56 Å². The van der Waals surface area contributed by atoms with Crippen molar-refractivity contribution < 1.29 is 4.79 Å². The van der Waals surface area contributed by atoms with Gasteiger partial charge in [0.15, 0.2) is 5.78 Å². The number of nitrogens with zero attached hydrogens (tertiary/aromatic N) is 2. The van der Waals surface area contributed by atoms with E-state index < -0.39 is 5.56 Å². The van der Waals surface area contributed by atoms with Crippen molar-refractivity contribution in [1.82, 2.24) is 9.30 Å². The summed E-state index contributed by atoms with van der Waals surface area (Å²) in [5.74, 6) is -0.0905. The van der Waals surface area contributed by atoms with E-state index in [2.05, 4.69) is 5.10 Å². The Morgan fingerprint density at radius 3 is 2.40 bits per heavy atom. The zero-order valence-electron chi connectivity index (χ0n) is 10.1. The number of hydrogen-bond acceptors (Lipinski definition) is 3. The van der Waals surface area contributed by atoms with Crippen LogP contribution in [-0.2, 0) is 0 Å². The second-order valence-electron chi connectivity index (χ2n) is 4.62. The van der Waals surface area contributed by atoms with Gasteiger partial charge in [-0.3, -0.25) is 9.59 Å². The van der Waals surface area contributed by atoms with Gasteiger partial charge in [0.25, 0.3) is 5.56 Å². The molecule has 0 N–H and O–H groups in total. The molecule has 5 heteroatoms. The minimum atomic E-state index is -0.417. The lowest BCUT2D eigenvalue weighted by Crippen LogP contribution is -2.21. The van der Waals surface area contributed by atoms with E-state index in [0.29, 0.717) is 33.2 Å². The number of rotatable bonds is 0. The molecule has 1 heterocycles. The highest BCUT2D eigenvalue weighted by Crippen LogP contribution is 2.36. The third-order valence-electron chi connectivity index (χ3n) is 3.56. The summed E-state index contributed by atoms with van der Waals surface area (Å²) in [6.45, 7) is 0. The summed E-state index contributed by atoms with van der Waals surface area (Å²) in [6, 6.07) is 12.3. The van der Waals surface area contributed by atoms with E-state index >= 15 is 0 Å². The molecule has 4 nitrogen and oxygen atoms in total. The molecule has 0 unspecified atom stereocenters. The van der Waals surface area contributed by atoms with Crippen LogP contribution in [0.15, 0.2) is 47.3 Å². The molecule has 0 fully saturated rings. The van der Waals surface area contributed by atoms with Gasteiger partial charge in [0.05, 0.1) is 5.39 Å². The largest absolute Gasteiger partial charge is 0.290 e. The van der Waals surface area contributed by atoms with Crippen molar-refractivity contribution in [2.24, 2.45) is 0 Å². The fraction of sp³-hybridized carbons (Fsp3) is 0. The molecule has 0 aliphatic heterocycles. The Balaban J connectivity index is 2.33. The van der Waals surface area contributed by atoms with E-state index in [4.69, 9.17) is 11.8 Å². The van der Waals surface area contributed by atoms with E-state index in [9.17, 15) is 9.59 Å². The van der Waals surface area contributed by atoms with E-state index in [1.807, 2.05) is 12.1 Å². The third-order valence-corrected chi connectivity index (χ3v) is 3.79. The minimum Gasteiger partial charge on any atom is -0.289 e. The lowest BCUT2D eigenvalue weighted by Gasteiger charge is -2.18. The second kappa shape index (κ2) is 3.77. The van der Waals surface area contributed by atoms with Gasteiger partial charge in [-0.25, -0.2) is 0 Å². The molecular weight excluding hydrogens is 276 g/mol. The lowest BCUT2D eigenvalue weighted by atomic mass is 9.86. The van der Waals surface area contributed by atoms with Crippen molar-refractivity contribution in [2.75, 3.05) is 0 Å². The predicted molar refractivity (Wildman–Crippen MR) is 76.1 cm³/mol. The molecule has 1 aromatic heterocycles. The highest BCUT2D eigenvalue weighted by atomic mass is 35.5. The first kappa shape index (κ1) is 11.4. The van der Waals surface area contributed by atoms with Gasteiger partial charge in [-0.1, -0.05) is 36.4 Å². The highest BCUT2D eigenvalue weighted by molar-refractivity contribution is 6.25. The molecule has 0 spiro atoms. The van der Waals surface area contributed by atoms with Gasteiger partial charge < -0.3 is 0 Å². The first-order valence-electron chi connectivity index (χ1n) is 6.05. The van der Waals surface area contributed by atoms with E-state index in [0.717, 1.165) is 4.20 Å². The maximum Gasteiger partial charge on any atom is 0.290 e. The van der Waals surface area contributed by atoms with Crippen LogP contribution in [0.5, 0.6) is 0 Å². The number of benzene rings is 2. The van der Waals surface area contributed by atoms with Crippen LogP contribution in [0.2, 0.25) is 0 Å². The van der Waals surface area contributed by atoms with Crippen molar-refractivity contribution in [1.29, 1.82) is 0 Å². The van der Waals surface area contributed by atoms with Gasteiger partial charge in [-0.05, 0) is 6.07 Å². The van der Waals surface area contributed by atoms with Crippen LogP contribution in [0.1, 0.15) is 15.9 Å². The van der Waals surface area contributed by atoms with Gasteiger partial charge in [0, 0.05) is 33.9 Å². The van der Waals surface area contributed by atoms with Crippen molar-refractivity contribution in [3.8, 4) is 11.3 Å². The van der Waals surface area contributed by atoms with Crippen LogP contribution in [0.4, 0.5) is 0 Å². The molecule has 20 heavy (non-hydrogen) atoms. The summed E-state index contributed by atoms with van der Waals surface area (Å²) >= 11 is 5.86. The summed E-state index contributed by atoms with van der Waals surface area (Å²) in [4.78, 5) is 24.6. The Kier molecular flexibility index (Phi) is 2.15. The fourth-order valence-corrected chi connectivity index (χ4v) is 2.85. The first-order chi connectivity index (χ1) is 9.68. The normalized spacial score (nSPS) is 12.6. The summed E-state index contributed by atoms with van der Waals surface area (Å²) in [6.07, 6.45) is 0. The number of carbonyl (C=O) groups excluding carboxylic acids is 1. The van der Waals surface area contributed by atoms with Crippen molar-refractivity contribution in [3.63, 3.8) is 0 Å². The van der Waals surface area contributed by atoms with Gasteiger partial charge in [-0.15, -0.1) is 4.20 Å². The number of halogens is 1. The Morgan fingerprint density at radius 2 is 1.60 bits per heavy atom. The van der Waals surface area contributed by atoms with E-state index in [1.165, 1.54) is 0 Å². The summed E-state index contributed by atoms with van der Waals surface area (Å²) in [5.41, 5.74) is 1.93. The Hall–Kier alpha value is -2.46. The minimum absolute atomic E-state index is 0.0905. The Morgan fingerprint density at radius 1 is 0.900 bits per heavy atom. The van der Waals surface area contributed by atoms with Gasteiger partial charge in [-0.2, -0.15) is 5.10 Å². The van der Waals surface area contributed by atoms with Crippen molar-refractivity contribution in [2.45, 2.75) is 0 Å². The standard InChI is InChI=1S/C15H7ClN2O2/c16-18-15(20)11-7-3-6-10-12(11)13(17-18)8-4-1-2-5-9(8)14(10)19/h1-7H. The molecule has 0 amide bonds. The topological polar surface area (TPSA) is 52.0 Å². The molecule has 0 atom stereocenters. The molecule has 3 aromatic rings. The quantitative estimate of drug-likeness (QED) is 0.498. The molecule has 0 saturated heterocycles. The van der Waals surface area contributed by atoms with E-state index in [1.54, 1.807) is 30.3 Å². The number of ketones is 1. The van der Waals surface area contributed by atoms with Crippen molar-refractivity contribution in [3.05, 3.63) is 63.9 Å². The summed E-state index contributed by atoms with van der Waals surface area (Å²) < 4.78 is 0.800. The summed E-state index contributed by atoms with van der Waals surface area (Å²) in [7, 11) is 0. The maximum absolute atomic E-state index is 12.5. The summed E-state index contributed by atoms with van der Waals surface area (Å²) in [5, 5.41) is 5.11. The molecule has 2 aromatic carbocycles. The average molecular weight is 283 g/mol. The maximum atomic E-state index is 12.5. The molecule has 0 saturated carbocycles. The van der Waals surface area contributed by atoms with Crippen LogP contribution >= 0.6 is 11.8 Å². The molecule has 1 aliphatic carbocycles. The molecule has 1 aliphatic rings. The van der Waals surface area contributed by atoms with Gasteiger partial charge >= 0.3 is 0 Å². The number of hydrogen-bond donors (Lipinski definition) is 0. The smallest absolute Gasteiger partial charge is 0.289 e. The van der Waals surface area contributed by atoms with E-state index in [-0.39, 0.29) is 5.78 Å². The number of carbonyl (C=O) groups is 1. The van der Waals surface area contributed by atoms with Crippen LogP contribution in [0.25, 0.3) is 22.0 Å². The number of aromatic nitrogens is 2. The number of fused-ring (bicyclic) bond motifs is 2. The van der Waals surface area contributed by atoms with Crippen LogP contribution in [-0.4, -0.2) is 15.1 Å². The average Bonchev–Trinajstić information content (AvgIpc) is 2.49. The predicted octanol–water partition coefficient (Wildman–Crippen LogP) is 2.61. The van der Waals surface area contributed by atoms with Gasteiger partial charge in [0.1, 0.15) is 5.69 Å². The van der Waals surface area contributed by atoms with Crippen molar-refractivity contribution >= 4 is 28.3 Å². The zero-order valence-corrected chi connectivity index (χ0v) is 10.9. The van der Waals surface area contributed by atoms with Crippen LogP contribution in [0, 0.1) is 0 Å². The second-order valence-corrected chi connectivity index (χ2v) is 4.94. The Labute approximate surface area is 118 Å².